The molecule has 0 radical (unpaired) electrons. The van der Waals surface area contributed by atoms with E-state index >= 15 is 0 Å². The Labute approximate surface area is 106 Å². The summed E-state index contributed by atoms with van der Waals surface area (Å²) in [6.07, 6.45) is 0.963. The van der Waals surface area contributed by atoms with Crippen LogP contribution in [-0.2, 0) is 4.79 Å². The molecule has 1 saturated carbocycles. The zero-order valence-corrected chi connectivity index (χ0v) is 10.5. The van der Waals surface area contributed by atoms with Crippen LogP contribution in [-0.4, -0.2) is 10.9 Å². The molecule has 3 atom stereocenters. The lowest BCUT2D eigenvalue weighted by molar-refractivity contribution is -0.122. The Bertz CT molecular complexity index is 432. The maximum Gasteiger partial charge on any atom is 0.224 e. The molecule has 0 spiro atoms. The van der Waals surface area contributed by atoms with Gasteiger partial charge in [0.2, 0.25) is 5.91 Å². The number of nitrogens with one attached hydrogen (secondary N) is 1. The second-order valence-electron chi connectivity index (χ2n) is 4.57. The van der Waals surface area contributed by atoms with E-state index in [1.807, 2.05) is 30.3 Å². The molecule has 3 N–H and O–H groups in total. The third-order valence-electron chi connectivity index (χ3n) is 3.15. The molecule has 1 fully saturated rings. The van der Waals surface area contributed by atoms with Gasteiger partial charge >= 0.3 is 0 Å². The van der Waals surface area contributed by atoms with Crippen molar-refractivity contribution in [1.29, 1.82) is 0 Å². The number of hydrogen-bond acceptors (Lipinski definition) is 2. The maximum absolute atomic E-state index is 11.9. The van der Waals surface area contributed by atoms with E-state index in [1.165, 1.54) is 0 Å². The van der Waals surface area contributed by atoms with Gasteiger partial charge in [0, 0.05) is 5.92 Å². The summed E-state index contributed by atoms with van der Waals surface area (Å²) in [5, 5.41) is 2.92. The standard InChI is InChI=1S/C13H16N2OS/c1-8-7-10(8)13(16)15-11(12(14)17)9-5-3-2-4-6-9/h2-6,8,10-11H,7H2,1H3,(H2,14,17)(H,15,16). The lowest BCUT2D eigenvalue weighted by atomic mass is 10.1. The average molecular weight is 248 g/mol. The first kappa shape index (κ1) is 12.0. The van der Waals surface area contributed by atoms with E-state index in [0.717, 1.165) is 12.0 Å². The van der Waals surface area contributed by atoms with Crippen LogP contribution in [0.5, 0.6) is 0 Å². The molecule has 17 heavy (non-hydrogen) atoms. The van der Waals surface area contributed by atoms with Gasteiger partial charge in [0.15, 0.2) is 0 Å². The molecule has 1 aromatic rings. The van der Waals surface area contributed by atoms with Gasteiger partial charge in [-0.05, 0) is 17.9 Å². The van der Waals surface area contributed by atoms with E-state index in [-0.39, 0.29) is 17.9 Å². The molecule has 0 aromatic heterocycles. The molecule has 1 aliphatic carbocycles. The lowest BCUT2D eigenvalue weighted by Gasteiger charge is -2.17. The molecule has 0 heterocycles. The highest BCUT2D eigenvalue weighted by atomic mass is 32.1. The first-order chi connectivity index (χ1) is 8.09. The highest BCUT2D eigenvalue weighted by Gasteiger charge is 2.40. The fourth-order valence-electron chi connectivity index (χ4n) is 1.90. The van der Waals surface area contributed by atoms with Crippen molar-refractivity contribution in [2.45, 2.75) is 19.4 Å². The summed E-state index contributed by atoms with van der Waals surface area (Å²) in [5.41, 5.74) is 6.62. The number of benzene rings is 1. The molecular weight excluding hydrogens is 232 g/mol. The highest BCUT2D eigenvalue weighted by Crippen LogP contribution is 2.38. The van der Waals surface area contributed by atoms with Crippen LogP contribution >= 0.6 is 12.2 Å². The molecule has 3 unspecified atom stereocenters. The topological polar surface area (TPSA) is 55.1 Å². The predicted octanol–water partition coefficient (Wildman–Crippen LogP) is 1.79. The van der Waals surface area contributed by atoms with Crippen LogP contribution in [0.25, 0.3) is 0 Å². The summed E-state index contributed by atoms with van der Waals surface area (Å²) in [6, 6.07) is 9.22. The molecule has 2 rings (SSSR count). The van der Waals surface area contributed by atoms with E-state index in [1.54, 1.807) is 0 Å². The molecule has 1 aromatic carbocycles. The van der Waals surface area contributed by atoms with Crippen LogP contribution in [0.15, 0.2) is 30.3 Å². The van der Waals surface area contributed by atoms with E-state index in [2.05, 4.69) is 12.2 Å². The Balaban J connectivity index is 2.08. The molecule has 4 heteroatoms. The number of thiocarbonyl (C=S) groups is 1. The zero-order chi connectivity index (χ0) is 12.4. The molecule has 0 saturated heterocycles. The van der Waals surface area contributed by atoms with Gasteiger partial charge in [0.1, 0.15) is 11.0 Å². The molecular formula is C13H16N2OS. The molecule has 0 aliphatic heterocycles. The van der Waals surface area contributed by atoms with Gasteiger partial charge in [-0.2, -0.15) is 0 Å². The van der Waals surface area contributed by atoms with Gasteiger partial charge in [-0.3, -0.25) is 4.79 Å². The van der Waals surface area contributed by atoms with Crippen molar-refractivity contribution < 1.29 is 4.79 Å². The summed E-state index contributed by atoms with van der Waals surface area (Å²) in [6.45, 7) is 2.07. The Kier molecular flexibility index (Phi) is 3.43. The second-order valence-corrected chi connectivity index (χ2v) is 5.05. The van der Waals surface area contributed by atoms with Crippen LogP contribution in [0.1, 0.15) is 24.9 Å². The number of amides is 1. The predicted molar refractivity (Wildman–Crippen MR) is 71.4 cm³/mol. The van der Waals surface area contributed by atoms with Gasteiger partial charge < -0.3 is 11.1 Å². The van der Waals surface area contributed by atoms with Crippen LogP contribution in [0.4, 0.5) is 0 Å². The third-order valence-corrected chi connectivity index (χ3v) is 3.39. The fourth-order valence-corrected chi connectivity index (χ4v) is 2.10. The Morgan fingerprint density at radius 2 is 2.06 bits per heavy atom. The quantitative estimate of drug-likeness (QED) is 0.799. The normalized spacial score (nSPS) is 23.8. The van der Waals surface area contributed by atoms with Crippen molar-refractivity contribution in [1.82, 2.24) is 5.32 Å². The molecule has 1 amide bonds. The Hall–Kier alpha value is -1.42. The summed E-state index contributed by atoms with van der Waals surface area (Å²) in [5.74, 6) is 0.674. The van der Waals surface area contributed by atoms with Crippen molar-refractivity contribution in [2.75, 3.05) is 0 Å². The summed E-state index contributed by atoms with van der Waals surface area (Å²) < 4.78 is 0. The minimum Gasteiger partial charge on any atom is -0.391 e. The van der Waals surface area contributed by atoms with E-state index < -0.39 is 0 Å². The van der Waals surface area contributed by atoms with Gasteiger partial charge in [-0.1, -0.05) is 49.5 Å². The van der Waals surface area contributed by atoms with Crippen LogP contribution in [0.3, 0.4) is 0 Å². The van der Waals surface area contributed by atoms with Crippen LogP contribution in [0, 0.1) is 11.8 Å². The maximum atomic E-state index is 11.9. The van der Waals surface area contributed by atoms with E-state index in [4.69, 9.17) is 18.0 Å². The highest BCUT2D eigenvalue weighted by molar-refractivity contribution is 7.80. The van der Waals surface area contributed by atoms with Crippen molar-refractivity contribution in [3.63, 3.8) is 0 Å². The van der Waals surface area contributed by atoms with Gasteiger partial charge in [0.25, 0.3) is 0 Å². The third kappa shape index (κ3) is 2.82. The molecule has 3 nitrogen and oxygen atoms in total. The number of rotatable bonds is 4. The SMILES string of the molecule is CC1CC1C(=O)NC(C(N)=S)c1ccccc1. The number of carbonyl (C=O) groups excluding carboxylic acids is 1. The van der Waals surface area contributed by atoms with Crippen molar-refractivity contribution in [3.05, 3.63) is 35.9 Å². The number of nitrogens with two attached hydrogens (primary N) is 1. The Morgan fingerprint density at radius 1 is 1.47 bits per heavy atom. The summed E-state index contributed by atoms with van der Waals surface area (Å²) >= 11 is 5.02. The average Bonchev–Trinajstić information content (AvgIpc) is 3.04. The van der Waals surface area contributed by atoms with Crippen LogP contribution < -0.4 is 11.1 Å². The lowest BCUT2D eigenvalue weighted by Crippen LogP contribution is -2.37. The smallest absolute Gasteiger partial charge is 0.224 e. The molecule has 90 valence electrons. The largest absolute Gasteiger partial charge is 0.391 e. The van der Waals surface area contributed by atoms with E-state index in [0.29, 0.717) is 10.9 Å². The molecule has 1 aliphatic rings. The van der Waals surface area contributed by atoms with Gasteiger partial charge in [-0.15, -0.1) is 0 Å². The van der Waals surface area contributed by atoms with E-state index in [9.17, 15) is 4.79 Å². The summed E-state index contributed by atoms with van der Waals surface area (Å²) in [7, 11) is 0. The zero-order valence-electron chi connectivity index (χ0n) is 9.72. The second kappa shape index (κ2) is 4.84. The molecule has 0 bridgehead atoms. The van der Waals surface area contributed by atoms with Crippen LogP contribution in [0.2, 0.25) is 0 Å². The minimum atomic E-state index is -0.355. The van der Waals surface area contributed by atoms with Crippen molar-refractivity contribution >= 4 is 23.1 Å². The summed E-state index contributed by atoms with van der Waals surface area (Å²) in [4.78, 5) is 12.2. The van der Waals surface area contributed by atoms with Crippen molar-refractivity contribution in [3.8, 4) is 0 Å². The first-order valence-corrected chi connectivity index (χ1v) is 6.15. The number of hydrogen-bond donors (Lipinski definition) is 2. The van der Waals surface area contributed by atoms with Gasteiger partial charge in [0.05, 0.1) is 0 Å². The fraction of sp³-hybridized carbons (Fsp3) is 0.385. The first-order valence-electron chi connectivity index (χ1n) is 5.74. The monoisotopic (exact) mass is 248 g/mol. The minimum absolute atomic E-state index is 0.0548. The van der Waals surface area contributed by atoms with Gasteiger partial charge in [-0.25, -0.2) is 0 Å². The number of carbonyl (C=O) groups is 1. The Morgan fingerprint density at radius 3 is 2.53 bits per heavy atom. The van der Waals surface area contributed by atoms with Crippen molar-refractivity contribution in [2.24, 2.45) is 17.6 Å².